The second-order valence-electron chi connectivity index (χ2n) is 5.86. The van der Waals surface area contributed by atoms with Crippen molar-refractivity contribution < 1.29 is 14.7 Å². The van der Waals surface area contributed by atoms with Crippen LogP contribution in [0.5, 0.6) is 0 Å². The third-order valence-electron chi connectivity index (χ3n) is 4.03. The highest BCUT2D eigenvalue weighted by molar-refractivity contribution is 8.26. The topological polar surface area (TPSA) is 60.9 Å². The van der Waals surface area contributed by atoms with Crippen LogP contribution in [0.1, 0.15) is 37.5 Å². The van der Waals surface area contributed by atoms with Crippen LogP contribution in [-0.2, 0) is 9.59 Å². The summed E-state index contributed by atoms with van der Waals surface area (Å²) in [6.07, 6.45) is 4.37. The summed E-state index contributed by atoms with van der Waals surface area (Å²) in [5.41, 5.74) is 0. The number of hydrogen-bond donors (Lipinski definition) is 1. The third kappa shape index (κ3) is 5.90. The minimum Gasteiger partial charge on any atom is -0.396 e. The number of amides is 2. The molecule has 1 aliphatic rings. The molecular formula is C18H24N2O3S3. The van der Waals surface area contributed by atoms with Crippen molar-refractivity contribution >= 4 is 57.5 Å². The standard InChI is InChI=1S/C18H24N2O3S3/c1-2-19(9-3-4-11-21)16(22)8-5-10-20-17(23)15(26-18(20)24)13-14-7-6-12-25-14/h6-7,12-13,21H,2-5,8-11H2,1H3/b15-13+. The van der Waals surface area contributed by atoms with Crippen molar-refractivity contribution in [3.8, 4) is 0 Å². The van der Waals surface area contributed by atoms with Crippen LogP contribution >= 0.6 is 35.3 Å². The minimum atomic E-state index is -0.0730. The molecule has 0 unspecified atom stereocenters. The Morgan fingerprint density at radius 3 is 2.85 bits per heavy atom. The second kappa shape index (κ2) is 10.8. The molecule has 5 nitrogen and oxygen atoms in total. The van der Waals surface area contributed by atoms with E-state index in [4.69, 9.17) is 17.3 Å². The van der Waals surface area contributed by atoms with Gasteiger partial charge in [-0.3, -0.25) is 14.5 Å². The first-order valence-corrected chi connectivity index (χ1v) is 10.8. The monoisotopic (exact) mass is 412 g/mol. The number of aliphatic hydroxyl groups is 1. The number of thioether (sulfide) groups is 1. The maximum absolute atomic E-state index is 12.5. The number of thiocarbonyl (C=S) groups is 1. The van der Waals surface area contributed by atoms with Gasteiger partial charge in [0.25, 0.3) is 5.91 Å². The van der Waals surface area contributed by atoms with Crippen LogP contribution in [0.4, 0.5) is 0 Å². The quantitative estimate of drug-likeness (QED) is 0.363. The summed E-state index contributed by atoms with van der Waals surface area (Å²) in [4.78, 5) is 29.9. The van der Waals surface area contributed by atoms with Crippen molar-refractivity contribution in [1.29, 1.82) is 0 Å². The van der Waals surface area contributed by atoms with Gasteiger partial charge in [-0.1, -0.05) is 30.0 Å². The molecule has 0 atom stereocenters. The van der Waals surface area contributed by atoms with Crippen LogP contribution in [0, 0.1) is 0 Å². The van der Waals surface area contributed by atoms with Crippen molar-refractivity contribution in [3.63, 3.8) is 0 Å². The molecular weight excluding hydrogens is 388 g/mol. The molecule has 0 saturated carbocycles. The largest absolute Gasteiger partial charge is 0.396 e. The molecule has 2 heterocycles. The summed E-state index contributed by atoms with van der Waals surface area (Å²) in [5.74, 6) is 0.0150. The third-order valence-corrected chi connectivity index (χ3v) is 6.23. The molecule has 1 aromatic heterocycles. The molecule has 1 saturated heterocycles. The summed E-state index contributed by atoms with van der Waals surface area (Å²) in [6, 6.07) is 3.91. The summed E-state index contributed by atoms with van der Waals surface area (Å²) in [7, 11) is 0. The maximum atomic E-state index is 12.5. The lowest BCUT2D eigenvalue weighted by atomic mass is 10.2. The molecule has 0 aromatic carbocycles. The first-order chi connectivity index (χ1) is 12.6. The van der Waals surface area contributed by atoms with Crippen LogP contribution in [-0.4, -0.2) is 57.3 Å². The smallest absolute Gasteiger partial charge is 0.266 e. The minimum absolute atomic E-state index is 0.0730. The van der Waals surface area contributed by atoms with Gasteiger partial charge in [-0.05, 0) is 43.7 Å². The van der Waals surface area contributed by atoms with E-state index in [1.165, 1.54) is 11.8 Å². The molecule has 1 fully saturated rings. The van der Waals surface area contributed by atoms with E-state index >= 15 is 0 Å². The lowest BCUT2D eigenvalue weighted by Gasteiger charge is -2.21. The van der Waals surface area contributed by atoms with Crippen molar-refractivity contribution in [2.24, 2.45) is 0 Å². The van der Waals surface area contributed by atoms with Crippen LogP contribution in [0.3, 0.4) is 0 Å². The molecule has 0 radical (unpaired) electrons. The summed E-state index contributed by atoms with van der Waals surface area (Å²) >= 11 is 8.23. The van der Waals surface area contributed by atoms with Gasteiger partial charge in [-0.25, -0.2) is 0 Å². The van der Waals surface area contributed by atoms with E-state index in [0.717, 1.165) is 11.3 Å². The Balaban J connectivity index is 1.82. The number of hydrogen-bond acceptors (Lipinski definition) is 6. The highest BCUT2D eigenvalue weighted by Gasteiger charge is 2.31. The Kier molecular flexibility index (Phi) is 8.77. The molecule has 8 heteroatoms. The predicted octanol–water partition coefficient (Wildman–Crippen LogP) is 3.35. The highest BCUT2D eigenvalue weighted by Crippen LogP contribution is 2.33. The zero-order chi connectivity index (χ0) is 18.9. The SMILES string of the molecule is CCN(CCCCO)C(=O)CCCN1C(=O)/C(=C\c2cccs2)SC1=S. The van der Waals surface area contributed by atoms with Gasteiger partial charge < -0.3 is 10.0 Å². The van der Waals surface area contributed by atoms with E-state index in [0.29, 0.717) is 48.1 Å². The lowest BCUT2D eigenvalue weighted by molar-refractivity contribution is -0.131. The van der Waals surface area contributed by atoms with E-state index in [1.54, 1.807) is 21.1 Å². The summed E-state index contributed by atoms with van der Waals surface area (Å²) < 4.78 is 0.556. The normalized spacial score (nSPS) is 15.9. The molecule has 142 valence electrons. The van der Waals surface area contributed by atoms with Crippen molar-refractivity contribution in [3.05, 3.63) is 27.3 Å². The fourth-order valence-corrected chi connectivity index (χ4v) is 4.65. The Morgan fingerprint density at radius 2 is 2.19 bits per heavy atom. The first-order valence-electron chi connectivity index (χ1n) is 8.74. The van der Waals surface area contributed by atoms with Crippen LogP contribution < -0.4 is 0 Å². The first kappa shape index (κ1) is 21.1. The molecule has 0 bridgehead atoms. The van der Waals surface area contributed by atoms with Crippen molar-refractivity contribution in [2.75, 3.05) is 26.2 Å². The van der Waals surface area contributed by atoms with E-state index in [2.05, 4.69) is 0 Å². The number of nitrogens with zero attached hydrogens (tertiary/aromatic N) is 2. The molecule has 0 spiro atoms. The number of carbonyl (C=O) groups is 2. The van der Waals surface area contributed by atoms with E-state index in [1.807, 2.05) is 30.5 Å². The van der Waals surface area contributed by atoms with Gasteiger partial charge in [-0.15, -0.1) is 11.3 Å². The molecule has 1 aromatic rings. The fraction of sp³-hybridized carbons (Fsp3) is 0.500. The molecule has 1 N–H and O–H groups in total. The van der Waals surface area contributed by atoms with Crippen LogP contribution in [0.25, 0.3) is 6.08 Å². The number of thiophene rings is 1. The summed E-state index contributed by atoms with van der Waals surface area (Å²) in [6.45, 7) is 3.90. The van der Waals surface area contributed by atoms with E-state index in [9.17, 15) is 9.59 Å². The van der Waals surface area contributed by atoms with Crippen molar-refractivity contribution in [1.82, 2.24) is 9.80 Å². The van der Waals surface area contributed by atoms with Crippen molar-refractivity contribution in [2.45, 2.75) is 32.6 Å². The average molecular weight is 413 g/mol. The van der Waals surface area contributed by atoms with Gasteiger partial charge in [0.05, 0.1) is 4.91 Å². The van der Waals surface area contributed by atoms with Gasteiger partial charge in [0, 0.05) is 37.5 Å². The van der Waals surface area contributed by atoms with E-state index in [-0.39, 0.29) is 18.4 Å². The fourth-order valence-electron chi connectivity index (χ4n) is 2.62. The predicted molar refractivity (Wildman–Crippen MR) is 112 cm³/mol. The van der Waals surface area contributed by atoms with Gasteiger partial charge >= 0.3 is 0 Å². The molecule has 1 aliphatic heterocycles. The lowest BCUT2D eigenvalue weighted by Crippen LogP contribution is -2.33. The van der Waals surface area contributed by atoms with Gasteiger partial charge in [0.15, 0.2) is 0 Å². The number of rotatable bonds is 10. The molecule has 26 heavy (non-hydrogen) atoms. The molecule has 0 aliphatic carbocycles. The Hall–Kier alpha value is -1.22. The number of aliphatic hydroxyl groups excluding tert-OH is 1. The number of carbonyl (C=O) groups excluding carboxylic acids is 2. The average Bonchev–Trinajstić information content (AvgIpc) is 3.22. The summed E-state index contributed by atoms with van der Waals surface area (Å²) in [5, 5.41) is 10.8. The maximum Gasteiger partial charge on any atom is 0.266 e. The Bertz CT molecular complexity index is 659. The zero-order valence-corrected chi connectivity index (χ0v) is 17.3. The van der Waals surface area contributed by atoms with Gasteiger partial charge in [0.1, 0.15) is 4.32 Å². The zero-order valence-electron chi connectivity index (χ0n) is 14.8. The highest BCUT2D eigenvalue weighted by atomic mass is 32.2. The van der Waals surface area contributed by atoms with E-state index < -0.39 is 0 Å². The van der Waals surface area contributed by atoms with Crippen LogP contribution in [0.15, 0.2) is 22.4 Å². The van der Waals surface area contributed by atoms with Gasteiger partial charge in [0.2, 0.25) is 5.91 Å². The number of unbranched alkanes of at least 4 members (excludes halogenated alkanes) is 1. The Morgan fingerprint density at radius 1 is 1.38 bits per heavy atom. The molecule has 2 amide bonds. The van der Waals surface area contributed by atoms with Crippen LogP contribution in [0.2, 0.25) is 0 Å². The second-order valence-corrected chi connectivity index (χ2v) is 8.51. The Labute approximate surface area is 168 Å². The van der Waals surface area contributed by atoms with Gasteiger partial charge in [-0.2, -0.15) is 0 Å². The molecule has 2 rings (SSSR count).